The molecule has 128 valence electrons. The number of esters is 1. The van der Waals surface area contributed by atoms with Gasteiger partial charge in [0.1, 0.15) is 0 Å². The first-order valence-corrected chi connectivity index (χ1v) is 7.64. The van der Waals surface area contributed by atoms with Gasteiger partial charge in [0.25, 0.3) is 0 Å². The van der Waals surface area contributed by atoms with Crippen LogP contribution in [0.2, 0.25) is 0 Å². The van der Waals surface area contributed by atoms with E-state index < -0.39 is 5.54 Å². The molecule has 2 unspecified atom stereocenters. The molecule has 2 rings (SSSR count). The lowest BCUT2D eigenvalue weighted by atomic mass is 9.74. The van der Waals surface area contributed by atoms with Gasteiger partial charge in [0.2, 0.25) is 5.91 Å². The molecular formula is C17H25ClN2O3. The molecule has 1 saturated carbocycles. The Morgan fingerprint density at radius 3 is 2.61 bits per heavy atom. The van der Waals surface area contributed by atoms with Gasteiger partial charge in [-0.25, -0.2) is 4.79 Å². The van der Waals surface area contributed by atoms with Gasteiger partial charge in [-0.3, -0.25) is 4.79 Å². The number of anilines is 1. The van der Waals surface area contributed by atoms with Crippen molar-refractivity contribution in [3.63, 3.8) is 0 Å². The number of nitrogens with one attached hydrogen (secondary N) is 1. The molecule has 23 heavy (non-hydrogen) atoms. The minimum Gasteiger partial charge on any atom is -0.465 e. The maximum atomic E-state index is 12.5. The molecule has 5 nitrogen and oxygen atoms in total. The SMILES string of the molecule is COC(=O)c1ccc(NC(=O)C2CCCCC2(C)N)cc1C.Cl. The van der Waals surface area contributed by atoms with Crippen LogP contribution in [0.3, 0.4) is 0 Å². The van der Waals surface area contributed by atoms with Crippen LogP contribution in [0.15, 0.2) is 18.2 Å². The maximum Gasteiger partial charge on any atom is 0.338 e. The van der Waals surface area contributed by atoms with Gasteiger partial charge in [0, 0.05) is 11.2 Å². The van der Waals surface area contributed by atoms with E-state index in [-0.39, 0.29) is 30.2 Å². The second kappa shape index (κ2) is 7.79. The largest absolute Gasteiger partial charge is 0.465 e. The van der Waals surface area contributed by atoms with Crippen molar-refractivity contribution < 1.29 is 14.3 Å². The molecule has 1 aliphatic carbocycles. The van der Waals surface area contributed by atoms with E-state index in [1.54, 1.807) is 18.2 Å². The smallest absolute Gasteiger partial charge is 0.338 e. The summed E-state index contributed by atoms with van der Waals surface area (Å²) in [5, 5.41) is 2.92. The van der Waals surface area contributed by atoms with E-state index in [1.165, 1.54) is 7.11 Å². The zero-order chi connectivity index (χ0) is 16.3. The van der Waals surface area contributed by atoms with Gasteiger partial charge in [-0.2, -0.15) is 0 Å². The van der Waals surface area contributed by atoms with Crippen LogP contribution >= 0.6 is 12.4 Å². The summed E-state index contributed by atoms with van der Waals surface area (Å²) in [5.74, 6) is -0.603. The number of methoxy groups -OCH3 is 1. The Morgan fingerprint density at radius 1 is 1.35 bits per heavy atom. The molecule has 0 bridgehead atoms. The average molecular weight is 341 g/mol. The molecule has 0 spiro atoms. The summed E-state index contributed by atoms with van der Waals surface area (Å²) in [6.45, 7) is 3.76. The van der Waals surface area contributed by atoms with Crippen molar-refractivity contribution in [2.45, 2.75) is 45.1 Å². The predicted octanol–water partition coefficient (Wildman–Crippen LogP) is 3.05. The van der Waals surface area contributed by atoms with E-state index in [0.717, 1.165) is 31.2 Å². The Hall–Kier alpha value is -1.59. The Balaban J connectivity index is 0.00000264. The van der Waals surface area contributed by atoms with Crippen LogP contribution in [-0.4, -0.2) is 24.5 Å². The molecule has 1 amide bonds. The summed E-state index contributed by atoms with van der Waals surface area (Å²) in [4.78, 5) is 24.1. The van der Waals surface area contributed by atoms with Crippen LogP contribution in [0.1, 0.15) is 48.5 Å². The molecule has 0 saturated heterocycles. The Kier molecular flexibility index (Phi) is 6.59. The summed E-state index contributed by atoms with van der Waals surface area (Å²) in [7, 11) is 1.35. The number of amides is 1. The molecule has 0 aromatic heterocycles. The fourth-order valence-corrected chi connectivity index (χ4v) is 3.10. The zero-order valence-corrected chi connectivity index (χ0v) is 14.7. The van der Waals surface area contributed by atoms with E-state index in [9.17, 15) is 9.59 Å². The molecule has 1 fully saturated rings. The van der Waals surface area contributed by atoms with E-state index in [1.807, 2.05) is 13.8 Å². The van der Waals surface area contributed by atoms with Crippen molar-refractivity contribution in [1.29, 1.82) is 0 Å². The summed E-state index contributed by atoms with van der Waals surface area (Å²) in [5.41, 5.74) is 7.76. The normalized spacial score (nSPS) is 23.6. The highest BCUT2D eigenvalue weighted by atomic mass is 35.5. The fraction of sp³-hybridized carbons (Fsp3) is 0.529. The highest BCUT2D eigenvalue weighted by Crippen LogP contribution is 2.32. The second-order valence-electron chi connectivity index (χ2n) is 6.31. The summed E-state index contributed by atoms with van der Waals surface area (Å²) >= 11 is 0. The molecule has 0 radical (unpaired) electrons. The molecule has 2 atom stereocenters. The van der Waals surface area contributed by atoms with E-state index >= 15 is 0 Å². The lowest BCUT2D eigenvalue weighted by molar-refractivity contribution is -0.122. The van der Waals surface area contributed by atoms with Crippen molar-refractivity contribution in [3.8, 4) is 0 Å². The van der Waals surface area contributed by atoms with Crippen molar-refractivity contribution in [1.82, 2.24) is 0 Å². The lowest BCUT2D eigenvalue weighted by Crippen LogP contribution is -2.51. The van der Waals surface area contributed by atoms with Crippen LogP contribution in [0.5, 0.6) is 0 Å². The molecule has 0 aliphatic heterocycles. The highest BCUT2D eigenvalue weighted by Gasteiger charge is 2.37. The number of hydrogen-bond acceptors (Lipinski definition) is 4. The number of carbonyl (C=O) groups is 2. The van der Waals surface area contributed by atoms with E-state index in [2.05, 4.69) is 5.32 Å². The Bertz CT molecular complexity index is 587. The third kappa shape index (κ3) is 4.45. The summed E-state index contributed by atoms with van der Waals surface area (Å²) in [6.07, 6.45) is 3.79. The quantitative estimate of drug-likeness (QED) is 0.828. The topological polar surface area (TPSA) is 81.4 Å². The first-order chi connectivity index (χ1) is 10.3. The number of aryl methyl sites for hydroxylation is 1. The van der Waals surface area contributed by atoms with Crippen molar-refractivity contribution >= 4 is 30.0 Å². The number of rotatable bonds is 3. The fourth-order valence-electron chi connectivity index (χ4n) is 3.10. The number of halogens is 1. The van der Waals surface area contributed by atoms with E-state index in [0.29, 0.717) is 11.3 Å². The van der Waals surface area contributed by atoms with Gasteiger partial charge in [-0.05, 0) is 50.5 Å². The Morgan fingerprint density at radius 2 is 2.04 bits per heavy atom. The van der Waals surface area contributed by atoms with Gasteiger partial charge in [-0.15, -0.1) is 12.4 Å². The standard InChI is InChI=1S/C17H24N2O3.ClH/c1-11-10-12(7-8-13(11)16(21)22-3)19-15(20)14-6-4-5-9-17(14,2)18;/h7-8,10,14H,4-6,9,18H2,1-3H3,(H,19,20);1H. The third-order valence-corrected chi connectivity index (χ3v) is 4.47. The number of carbonyl (C=O) groups excluding carboxylic acids is 2. The number of benzene rings is 1. The van der Waals surface area contributed by atoms with Crippen LogP contribution in [-0.2, 0) is 9.53 Å². The molecule has 6 heteroatoms. The predicted molar refractivity (Wildman–Crippen MR) is 92.9 cm³/mol. The minimum atomic E-state index is -0.455. The highest BCUT2D eigenvalue weighted by molar-refractivity contribution is 5.95. The minimum absolute atomic E-state index is 0. The number of nitrogens with two attached hydrogens (primary N) is 1. The monoisotopic (exact) mass is 340 g/mol. The molecule has 0 heterocycles. The molecule has 1 aromatic rings. The molecule has 3 N–H and O–H groups in total. The molecule has 1 aromatic carbocycles. The second-order valence-corrected chi connectivity index (χ2v) is 6.31. The van der Waals surface area contributed by atoms with Crippen molar-refractivity contribution in [3.05, 3.63) is 29.3 Å². The third-order valence-electron chi connectivity index (χ3n) is 4.47. The van der Waals surface area contributed by atoms with Gasteiger partial charge >= 0.3 is 5.97 Å². The van der Waals surface area contributed by atoms with Gasteiger partial charge in [0.05, 0.1) is 18.6 Å². The van der Waals surface area contributed by atoms with E-state index in [4.69, 9.17) is 10.5 Å². The van der Waals surface area contributed by atoms with Gasteiger partial charge in [0.15, 0.2) is 0 Å². The van der Waals surface area contributed by atoms with Crippen LogP contribution in [0.25, 0.3) is 0 Å². The number of ether oxygens (including phenoxy) is 1. The summed E-state index contributed by atoms with van der Waals surface area (Å²) in [6, 6.07) is 5.16. The first kappa shape index (κ1) is 19.5. The maximum absolute atomic E-state index is 12.5. The zero-order valence-electron chi connectivity index (χ0n) is 13.8. The molecular weight excluding hydrogens is 316 g/mol. The first-order valence-electron chi connectivity index (χ1n) is 7.64. The van der Waals surface area contributed by atoms with Gasteiger partial charge in [-0.1, -0.05) is 12.8 Å². The van der Waals surface area contributed by atoms with Crippen LogP contribution in [0.4, 0.5) is 5.69 Å². The van der Waals surface area contributed by atoms with Crippen molar-refractivity contribution in [2.24, 2.45) is 11.7 Å². The van der Waals surface area contributed by atoms with Crippen LogP contribution in [0, 0.1) is 12.8 Å². The summed E-state index contributed by atoms with van der Waals surface area (Å²) < 4.78 is 4.72. The van der Waals surface area contributed by atoms with Crippen molar-refractivity contribution in [2.75, 3.05) is 12.4 Å². The number of hydrogen-bond donors (Lipinski definition) is 2. The Labute approximate surface area is 143 Å². The average Bonchev–Trinajstić information content (AvgIpc) is 2.46. The van der Waals surface area contributed by atoms with Crippen LogP contribution < -0.4 is 11.1 Å². The molecule has 1 aliphatic rings. The van der Waals surface area contributed by atoms with Gasteiger partial charge < -0.3 is 15.8 Å². The lowest BCUT2D eigenvalue weighted by Gasteiger charge is -2.37.